The molecule has 2 aliphatic carbocycles. The molecule has 9 nitrogen and oxygen atoms in total. The van der Waals surface area contributed by atoms with Crippen LogP contribution in [0.1, 0.15) is 43.2 Å². The monoisotopic (exact) mass is 480 g/mol. The Morgan fingerprint density at radius 1 is 1.03 bits per heavy atom. The fraction of sp³-hybridized carbons (Fsp3) is 0.385. The van der Waals surface area contributed by atoms with Crippen molar-refractivity contribution >= 4 is 23.9 Å². The van der Waals surface area contributed by atoms with Gasteiger partial charge in [0.15, 0.2) is 0 Å². The number of ether oxygens (including phenoxy) is 2. The SMILES string of the molecule is COC(=O)C[C@H](NC(=O)C(C)(NC(=O)OCC1c2ccccc2-c2ccccc21)C1CC1)C(=O)O. The second-order valence-electron chi connectivity index (χ2n) is 9.07. The highest BCUT2D eigenvalue weighted by atomic mass is 16.5. The molecule has 0 spiro atoms. The summed E-state index contributed by atoms with van der Waals surface area (Å²) in [5.74, 6) is -3.13. The maximum atomic E-state index is 13.1. The van der Waals surface area contributed by atoms with Gasteiger partial charge in [-0.25, -0.2) is 9.59 Å². The summed E-state index contributed by atoms with van der Waals surface area (Å²) < 4.78 is 10.1. The van der Waals surface area contributed by atoms with Crippen LogP contribution in [0.3, 0.4) is 0 Å². The Hall–Kier alpha value is -3.88. The zero-order chi connectivity index (χ0) is 25.2. The number of hydrogen-bond acceptors (Lipinski definition) is 6. The number of nitrogens with one attached hydrogen (secondary N) is 2. The van der Waals surface area contributed by atoms with Gasteiger partial charge < -0.3 is 25.2 Å². The highest BCUT2D eigenvalue weighted by Crippen LogP contribution is 2.44. The molecule has 35 heavy (non-hydrogen) atoms. The van der Waals surface area contributed by atoms with Crippen molar-refractivity contribution in [2.75, 3.05) is 13.7 Å². The van der Waals surface area contributed by atoms with E-state index in [1.807, 2.05) is 48.5 Å². The predicted octanol–water partition coefficient (Wildman–Crippen LogP) is 2.83. The van der Waals surface area contributed by atoms with E-state index in [-0.39, 0.29) is 18.4 Å². The number of alkyl carbamates (subject to hydrolysis) is 1. The van der Waals surface area contributed by atoms with E-state index in [9.17, 15) is 24.3 Å². The molecule has 1 saturated carbocycles. The number of carboxylic acid groups (broad SMARTS) is 1. The first-order chi connectivity index (χ1) is 16.7. The van der Waals surface area contributed by atoms with Crippen molar-refractivity contribution in [2.45, 2.75) is 43.7 Å². The Balaban J connectivity index is 1.44. The minimum absolute atomic E-state index is 0.0856. The molecule has 9 heteroatoms. The van der Waals surface area contributed by atoms with Crippen molar-refractivity contribution in [1.29, 1.82) is 0 Å². The normalized spacial score (nSPS) is 16.7. The van der Waals surface area contributed by atoms with Crippen LogP contribution < -0.4 is 10.6 Å². The van der Waals surface area contributed by atoms with Gasteiger partial charge in [0.25, 0.3) is 0 Å². The minimum atomic E-state index is -1.47. The lowest BCUT2D eigenvalue weighted by atomic mass is 9.94. The smallest absolute Gasteiger partial charge is 0.408 e. The molecule has 2 aromatic carbocycles. The summed E-state index contributed by atoms with van der Waals surface area (Å²) in [5.41, 5.74) is 2.95. The van der Waals surface area contributed by atoms with Crippen molar-refractivity contribution in [3.05, 3.63) is 59.7 Å². The van der Waals surface area contributed by atoms with Gasteiger partial charge in [0.2, 0.25) is 5.91 Å². The zero-order valence-corrected chi connectivity index (χ0v) is 19.6. The van der Waals surface area contributed by atoms with E-state index in [4.69, 9.17) is 4.74 Å². The number of carboxylic acids is 1. The van der Waals surface area contributed by atoms with E-state index in [0.29, 0.717) is 12.8 Å². The molecule has 0 aromatic heterocycles. The van der Waals surface area contributed by atoms with E-state index in [1.54, 1.807) is 6.92 Å². The molecule has 3 N–H and O–H groups in total. The van der Waals surface area contributed by atoms with Crippen molar-refractivity contribution < 1.29 is 33.8 Å². The first-order valence-corrected chi connectivity index (χ1v) is 11.5. The third-order valence-corrected chi connectivity index (χ3v) is 6.77. The van der Waals surface area contributed by atoms with Crippen LogP contribution in [0.25, 0.3) is 11.1 Å². The van der Waals surface area contributed by atoms with Gasteiger partial charge in [0, 0.05) is 5.92 Å². The Morgan fingerprint density at radius 3 is 2.11 bits per heavy atom. The molecule has 0 bridgehead atoms. The Kier molecular flexibility index (Phi) is 6.77. The van der Waals surface area contributed by atoms with Gasteiger partial charge in [-0.2, -0.15) is 0 Å². The van der Waals surface area contributed by atoms with Crippen LogP contribution in [0.2, 0.25) is 0 Å². The number of methoxy groups -OCH3 is 1. The maximum Gasteiger partial charge on any atom is 0.408 e. The number of fused-ring (bicyclic) bond motifs is 3. The van der Waals surface area contributed by atoms with Crippen LogP contribution in [0.4, 0.5) is 4.79 Å². The summed E-state index contributed by atoms with van der Waals surface area (Å²) >= 11 is 0. The van der Waals surface area contributed by atoms with Crippen molar-refractivity contribution in [3.8, 4) is 11.1 Å². The van der Waals surface area contributed by atoms with Crippen LogP contribution in [0.5, 0.6) is 0 Å². The average molecular weight is 481 g/mol. The second kappa shape index (κ2) is 9.77. The number of hydrogen-bond donors (Lipinski definition) is 3. The lowest BCUT2D eigenvalue weighted by Gasteiger charge is -2.30. The lowest BCUT2D eigenvalue weighted by Crippen LogP contribution is -2.61. The molecule has 0 radical (unpaired) electrons. The van der Waals surface area contributed by atoms with Crippen LogP contribution in [0, 0.1) is 5.92 Å². The Morgan fingerprint density at radius 2 is 1.60 bits per heavy atom. The summed E-state index contributed by atoms with van der Waals surface area (Å²) in [4.78, 5) is 49.0. The summed E-state index contributed by atoms with van der Waals surface area (Å²) in [7, 11) is 1.14. The standard InChI is InChI=1S/C26H28N2O7/c1-26(15-11-12-15,24(32)27-21(23(30)31)13-22(29)34-2)28-25(33)35-14-20-18-9-5-3-7-16(18)17-8-4-6-10-19(17)20/h3-10,15,20-21H,11-14H2,1-2H3,(H,27,32)(H,28,33)(H,30,31)/t21-,26?/m0/s1. The quantitative estimate of drug-likeness (QED) is 0.470. The van der Waals surface area contributed by atoms with Gasteiger partial charge in [-0.15, -0.1) is 0 Å². The van der Waals surface area contributed by atoms with Crippen LogP contribution in [-0.4, -0.2) is 54.3 Å². The number of aliphatic carboxylic acids is 1. The third kappa shape index (κ3) is 4.99. The van der Waals surface area contributed by atoms with Gasteiger partial charge >= 0.3 is 18.0 Å². The summed E-state index contributed by atoms with van der Waals surface area (Å²) in [6, 6.07) is 14.4. The number of carbonyl (C=O) groups excluding carboxylic acids is 3. The molecule has 1 unspecified atom stereocenters. The van der Waals surface area contributed by atoms with Gasteiger partial charge in [-0.1, -0.05) is 48.5 Å². The van der Waals surface area contributed by atoms with E-state index < -0.39 is 41.9 Å². The molecule has 1 fully saturated rings. The molecular formula is C26H28N2O7. The highest BCUT2D eigenvalue weighted by Gasteiger charge is 2.49. The van der Waals surface area contributed by atoms with Crippen molar-refractivity contribution in [2.24, 2.45) is 5.92 Å². The third-order valence-electron chi connectivity index (χ3n) is 6.77. The molecule has 0 aliphatic heterocycles. The molecule has 2 aromatic rings. The Labute approximate surface area is 202 Å². The van der Waals surface area contributed by atoms with Crippen molar-refractivity contribution in [3.63, 3.8) is 0 Å². The largest absolute Gasteiger partial charge is 0.480 e. The predicted molar refractivity (Wildman–Crippen MR) is 126 cm³/mol. The molecule has 0 heterocycles. The van der Waals surface area contributed by atoms with E-state index in [1.165, 1.54) is 0 Å². The highest BCUT2D eigenvalue weighted by molar-refractivity contribution is 5.94. The molecule has 4 rings (SSSR count). The first-order valence-electron chi connectivity index (χ1n) is 11.5. The van der Waals surface area contributed by atoms with Crippen LogP contribution in [-0.2, 0) is 23.9 Å². The van der Waals surface area contributed by atoms with Gasteiger partial charge in [0.05, 0.1) is 13.5 Å². The molecule has 0 saturated heterocycles. The van der Waals surface area contributed by atoms with E-state index in [2.05, 4.69) is 15.4 Å². The molecule has 2 aliphatic rings. The molecule has 2 amide bonds. The van der Waals surface area contributed by atoms with Crippen LogP contribution >= 0.6 is 0 Å². The zero-order valence-electron chi connectivity index (χ0n) is 19.6. The number of rotatable bonds is 9. The number of amides is 2. The number of benzene rings is 2. The summed E-state index contributed by atoms with van der Waals surface area (Å²) in [6.45, 7) is 1.63. The summed E-state index contributed by atoms with van der Waals surface area (Å²) in [5, 5.41) is 14.4. The number of carbonyl (C=O) groups is 4. The van der Waals surface area contributed by atoms with Gasteiger partial charge in [-0.05, 0) is 47.9 Å². The van der Waals surface area contributed by atoms with E-state index >= 15 is 0 Å². The van der Waals surface area contributed by atoms with Gasteiger partial charge in [-0.3, -0.25) is 9.59 Å². The Bertz CT molecular complexity index is 1110. The fourth-order valence-electron chi connectivity index (χ4n) is 4.61. The first kappa shape index (κ1) is 24.3. The molecular weight excluding hydrogens is 452 g/mol. The molecule has 184 valence electrons. The summed E-state index contributed by atoms with van der Waals surface area (Å²) in [6.07, 6.45) is 0.102. The maximum absolute atomic E-state index is 13.1. The van der Waals surface area contributed by atoms with Gasteiger partial charge in [0.1, 0.15) is 18.2 Å². The van der Waals surface area contributed by atoms with Crippen molar-refractivity contribution in [1.82, 2.24) is 10.6 Å². The average Bonchev–Trinajstić information content (AvgIpc) is 3.66. The van der Waals surface area contributed by atoms with E-state index in [0.717, 1.165) is 29.4 Å². The van der Waals surface area contributed by atoms with Crippen LogP contribution in [0.15, 0.2) is 48.5 Å². The molecule has 2 atom stereocenters. The second-order valence-corrected chi connectivity index (χ2v) is 9.07. The number of esters is 1. The fourth-order valence-corrected chi connectivity index (χ4v) is 4.61. The topological polar surface area (TPSA) is 131 Å². The minimum Gasteiger partial charge on any atom is -0.480 e. The lowest BCUT2D eigenvalue weighted by molar-refractivity contribution is -0.149.